The van der Waals surface area contributed by atoms with Gasteiger partial charge in [-0.15, -0.1) is 0 Å². The Kier molecular flexibility index (Phi) is 3.46. The van der Waals surface area contributed by atoms with E-state index in [9.17, 15) is 0 Å². The van der Waals surface area contributed by atoms with Gasteiger partial charge in [-0.05, 0) is 17.0 Å². The van der Waals surface area contributed by atoms with E-state index < -0.39 is 0 Å². The van der Waals surface area contributed by atoms with Crippen LogP contribution >= 0.6 is 0 Å². The van der Waals surface area contributed by atoms with E-state index in [0.29, 0.717) is 12.6 Å². The van der Waals surface area contributed by atoms with Gasteiger partial charge < -0.3 is 9.88 Å². The number of hydrogen-bond acceptors (Lipinski definition) is 2. The molecule has 88 valence electrons. The second-order valence-corrected chi connectivity index (χ2v) is 4.49. The van der Waals surface area contributed by atoms with Crippen LogP contribution < -0.4 is 5.32 Å². The lowest BCUT2D eigenvalue weighted by atomic mass is 10.1. The van der Waals surface area contributed by atoms with Crippen LogP contribution in [0.5, 0.6) is 0 Å². The van der Waals surface area contributed by atoms with E-state index in [2.05, 4.69) is 49.5 Å². The van der Waals surface area contributed by atoms with Crippen LogP contribution in [0, 0.1) is 11.3 Å². The molecule has 2 aromatic rings. The summed E-state index contributed by atoms with van der Waals surface area (Å²) in [6.07, 6.45) is 1.98. The van der Waals surface area contributed by atoms with Crippen LogP contribution in [-0.2, 0) is 13.1 Å². The van der Waals surface area contributed by atoms with Gasteiger partial charge in [0, 0.05) is 18.8 Å². The summed E-state index contributed by atoms with van der Waals surface area (Å²) in [7, 11) is 0. The van der Waals surface area contributed by atoms with E-state index in [1.807, 2.05) is 10.8 Å². The monoisotopic (exact) mass is 227 g/mol. The minimum absolute atomic E-state index is 0.405. The number of hydrogen-bond donors (Lipinski definition) is 1. The van der Waals surface area contributed by atoms with E-state index in [0.717, 1.165) is 6.54 Å². The first kappa shape index (κ1) is 11.7. The molecule has 2 rings (SSSR count). The molecule has 0 spiro atoms. The molecule has 17 heavy (non-hydrogen) atoms. The number of rotatable bonds is 4. The second kappa shape index (κ2) is 5.03. The highest BCUT2D eigenvalue weighted by molar-refractivity contribution is 5.83. The fourth-order valence-electron chi connectivity index (χ4n) is 2.01. The van der Waals surface area contributed by atoms with Crippen LogP contribution in [0.2, 0.25) is 0 Å². The third-order valence-corrected chi connectivity index (χ3v) is 2.81. The first-order valence-electron chi connectivity index (χ1n) is 5.89. The van der Waals surface area contributed by atoms with E-state index >= 15 is 0 Å². The summed E-state index contributed by atoms with van der Waals surface area (Å²) in [6, 6.07) is 11.0. The number of nitrogens with one attached hydrogen (secondary N) is 1. The Hall–Kier alpha value is -1.79. The third kappa shape index (κ3) is 2.48. The van der Waals surface area contributed by atoms with Crippen LogP contribution in [0.1, 0.15) is 19.4 Å². The summed E-state index contributed by atoms with van der Waals surface area (Å²) in [5.41, 5.74) is 2.42. The molecule has 0 radical (unpaired) electrons. The van der Waals surface area contributed by atoms with Crippen molar-refractivity contribution in [3.63, 3.8) is 0 Å². The minimum atomic E-state index is 0.405. The van der Waals surface area contributed by atoms with Crippen molar-refractivity contribution in [2.24, 2.45) is 0 Å². The van der Waals surface area contributed by atoms with Gasteiger partial charge in [-0.2, -0.15) is 5.26 Å². The fraction of sp³-hybridized carbons (Fsp3) is 0.357. The molecule has 0 fully saturated rings. The maximum atomic E-state index is 8.82. The maximum Gasteiger partial charge on any atom is 0.110 e. The molecular weight excluding hydrogens is 210 g/mol. The molecule has 3 nitrogen and oxygen atoms in total. The first-order valence-corrected chi connectivity index (χ1v) is 5.89. The van der Waals surface area contributed by atoms with Gasteiger partial charge in [0.25, 0.3) is 0 Å². The average molecular weight is 227 g/mol. The molecule has 1 heterocycles. The summed E-state index contributed by atoms with van der Waals surface area (Å²) in [5, 5.41) is 13.4. The van der Waals surface area contributed by atoms with Crippen molar-refractivity contribution in [2.45, 2.75) is 33.0 Å². The molecular formula is C14H17N3. The van der Waals surface area contributed by atoms with E-state index in [4.69, 9.17) is 5.26 Å². The number of nitrogens with zero attached hydrogens (tertiary/aromatic N) is 2. The highest BCUT2D eigenvalue weighted by Crippen LogP contribution is 2.20. The predicted molar refractivity (Wildman–Crippen MR) is 69.5 cm³/mol. The van der Waals surface area contributed by atoms with Crippen molar-refractivity contribution >= 4 is 10.9 Å². The van der Waals surface area contributed by atoms with Crippen LogP contribution in [0.3, 0.4) is 0 Å². The molecule has 0 atom stereocenters. The predicted octanol–water partition coefficient (Wildman–Crippen LogP) is 2.66. The largest absolute Gasteiger partial charge is 0.333 e. The topological polar surface area (TPSA) is 40.8 Å². The molecule has 0 amide bonds. The van der Waals surface area contributed by atoms with Crippen molar-refractivity contribution in [3.05, 3.63) is 36.0 Å². The Morgan fingerprint density at radius 1 is 1.35 bits per heavy atom. The maximum absolute atomic E-state index is 8.82. The molecule has 0 saturated heterocycles. The normalized spacial score (nSPS) is 10.9. The van der Waals surface area contributed by atoms with Crippen molar-refractivity contribution < 1.29 is 0 Å². The van der Waals surface area contributed by atoms with Gasteiger partial charge in [0.1, 0.15) is 6.54 Å². The lowest BCUT2D eigenvalue weighted by Crippen LogP contribution is -2.22. The Morgan fingerprint density at radius 3 is 2.88 bits per heavy atom. The SMILES string of the molecule is CC(C)NCc1cccc2ccn(CC#N)c12. The Morgan fingerprint density at radius 2 is 2.18 bits per heavy atom. The molecule has 0 aliphatic carbocycles. The zero-order chi connectivity index (χ0) is 12.3. The number of benzene rings is 1. The fourth-order valence-corrected chi connectivity index (χ4v) is 2.01. The molecule has 0 saturated carbocycles. The molecule has 1 aromatic carbocycles. The van der Waals surface area contributed by atoms with Crippen LogP contribution in [-0.4, -0.2) is 10.6 Å². The molecule has 0 unspecified atom stereocenters. The van der Waals surface area contributed by atoms with Gasteiger partial charge in [0.2, 0.25) is 0 Å². The quantitative estimate of drug-likeness (QED) is 0.872. The molecule has 1 aromatic heterocycles. The number of fused-ring (bicyclic) bond motifs is 1. The smallest absolute Gasteiger partial charge is 0.110 e. The van der Waals surface area contributed by atoms with Crippen molar-refractivity contribution in [1.29, 1.82) is 5.26 Å². The lowest BCUT2D eigenvalue weighted by Gasteiger charge is -2.11. The standard InChI is InChI=1S/C14H17N3/c1-11(2)16-10-13-5-3-4-12-6-8-17(9-7-15)14(12)13/h3-6,8,11,16H,9-10H2,1-2H3. The summed E-state index contributed by atoms with van der Waals surface area (Å²) in [6.45, 7) is 5.51. The van der Waals surface area contributed by atoms with Gasteiger partial charge in [-0.25, -0.2) is 0 Å². The average Bonchev–Trinajstić information content (AvgIpc) is 2.71. The molecule has 1 N–H and O–H groups in total. The van der Waals surface area contributed by atoms with Crippen molar-refractivity contribution in [2.75, 3.05) is 0 Å². The van der Waals surface area contributed by atoms with Gasteiger partial charge in [-0.3, -0.25) is 0 Å². The number of para-hydroxylation sites is 1. The van der Waals surface area contributed by atoms with Crippen LogP contribution in [0.4, 0.5) is 0 Å². The van der Waals surface area contributed by atoms with E-state index in [1.54, 1.807) is 0 Å². The molecule has 0 aliphatic heterocycles. The van der Waals surface area contributed by atoms with Gasteiger partial charge in [0.05, 0.1) is 11.6 Å². The van der Waals surface area contributed by atoms with Crippen LogP contribution in [0.15, 0.2) is 30.5 Å². The highest BCUT2D eigenvalue weighted by atomic mass is 15.0. The third-order valence-electron chi connectivity index (χ3n) is 2.81. The van der Waals surface area contributed by atoms with E-state index in [-0.39, 0.29) is 0 Å². The molecule has 3 heteroatoms. The molecule has 0 bridgehead atoms. The van der Waals surface area contributed by atoms with E-state index in [1.165, 1.54) is 16.5 Å². The summed E-state index contributed by atoms with van der Waals surface area (Å²) < 4.78 is 2.01. The Labute approximate surface area is 102 Å². The van der Waals surface area contributed by atoms with Gasteiger partial charge >= 0.3 is 0 Å². The number of nitriles is 1. The van der Waals surface area contributed by atoms with Gasteiger partial charge in [-0.1, -0.05) is 32.0 Å². The Balaban J connectivity index is 2.40. The lowest BCUT2D eigenvalue weighted by molar-refractivity contribution is 0.589. The van der Waals surface area contributed by atoms with Crippen LogP contribution in [0.25, 0.3) is 10.9 Å². The molecule has 0 aliphatic rings. The van der Waals surface area contributed by atoms with Crippen molar-refractivity contribution in [3.8, 4) is 6.07 Å². The summed E-state index contributed by atoms with van der Waals surface area (Å²) in [5.74, 6) is 0. The number of aromatic nitrogens is 1. The second-order valence-electron chi connectivity index (χ2n) is 4.49. The van der Waals surface area contributed by atoms with Crippen molar-refractivity contribution in [1.82, 2.24) is 9.88 Å². The van der Waals surface area contributed by atoms with Gasteiger partial charge in [0.15, 0.2) is 0 Å². The minimum Gasteiger partial charge on any atom is -0.333 e. The summed E-state index contributed by atoms with van der Waals surface area (Å²) in [4.78, 5) is 0. The highest BCUT2D eigenvalue weighted by Gasteiger charge is 2.06. The first-order chi connectivity index (χ1) is 8.22. The Bertz CT molecular complexity index is 546. The zero-order valence-electron chi connectivity index (χ0n) is 10.3. The summed E-state index contributed by atoms with van der Waals surface area (Å²) >= 11 is 0. The zero-order valence-corrected chi connectivity index (χ0v) is 10.3.